The van der Waals surface area contributed by atoms with Crippen LogP contribution in [0.5, 0.6) is 11.5 Å². The molecule has 0 amide bonds. The van der Waals surface area contributed by atoms with E-state index in [0.29, 0.717) is 12.0 Å². The Morgan fingerprint density at radius 1 is 1.06 bits per heavy atom. The molecule has 0 spiro atoms. The Labute approximate surface area is 185 Å². The number of alkyl halides is 3. The van der Waals surface area contributed by atoms with Crippen molar-refractivity contribution in [3.63, 3.8) is 0 Å². The number of allylic oxidation sites excluding steroid dienone is 1. The number of carbonyl (C=O) groups excluding carboxylic acids is 1. The SMILES string of the molecule is CCCC1CCC(C=Cc2ccc(C(=O)Oc3ccc(OC(F)(F)F)c(F)c3)cc2)CC1. The van der Waals surface area contributed by atoms with E-state index < -0.39 is 23.9 Å². The fourth-order valence-electron chi connectivity index (χ4n) is 3.97. The summed E-state index contributed by atoms with van der Waals surface area (Å²) < 4.78 is 59.0. The molecule has 32 heavy (non-hydrogen) atoms. The summed E-state index contributed by atoms with van der Waals surface area (Å²) in [5.74, 6) is -1.80. The van der Waals surface area contributed by atoms with Gasteiger partial charge in [0.25, 0.3) is 0 Å². The van der Waals surface area contributed by atoms with Crippen molar-refractivity contribution in [1.82, 2.24) is 0 Å². The number of carbonyl (C=O) groups is 1. The van der Waals surface area contributed by atoms with Crippen LogP contribution in [0.25, 0.3) is 6.08 Å². The van der Waals surface area contributed by atoms with E-state index in [-0.39, 0.29) is 11.3 Å². The Hall–Kier alpha value is -2.83. The standard InChI is InChI=1S/C25H26F4O3/c1-2-3-17-4-6-18(7-5-17)8-9-19-10-12-20(13-11-19)24(30)31-21-14-15-23(22(26)16-21)32-25(27,28)29/h8-18H,2-7H2,1H3. The van der Waals surface area contributed by atoms with Gasteiger partial charge in [0.05, 0.1) is 5.56 Å². The molecule has 2 aromatic carbocycles. The van der Waals surface area contributed by atoms with Crippen LogP contribution in [0.2, 0.25) is 0 Å². The number of rotatable bonds is 7. The van der Waals surface area contributed by atoms with Crippen molar-refractivity contribution >= 4 is 12.0 Å². The van der Waals surface area contributed by atoms with Gasteiger partial charge in [-0.15, -0.1) is 13.2 Å². The highest BCUT2D eigenvalue weighted by Crippen LogP contribution is 2.32. The smallest absolute Gasteiger partial charge is 0.423 e. The zero-order chi connectivity index (χ0) is 23.1. The van der Waals surface area contributed by atoms with Crippen molar-refractivity contribution < 1.29 is 31.8 Å². The fraction of sp³-hybridized carbons (Fsp3) is 0.400. The molecule has 0 radical (unpaired) electrons. The van der Waals surface area contributed by atoms with Crippen LogP contribution in [0.1, 0.15) is 61.4 Å². The average Bonchev–Trinajstić information content (AvgIpc) is 2.75. The van der Waals surface area contributed by atoms with Crippen molar-refractivity contribution in [3.05, 3.63) is 65.5 Å². The van der Waals surface area contributed by atoms with Gasteiger partial charge >= 0.3 is 12.3 Å². The highest BCUT2D eigenvalue weighted by atomic mass is 19.4. The van der Waals surface area contributed by atoms with Gasteiger partial charge in [0, 0.05) is 6.07 Å². The van der Waals surface area contributed by atoms with Crippen LogP contribution in [0.15, 0.2) is 48.5 Å². The lowest BCUT2D eigenvalue weighted by Gasteiger charge is -2.26. The summed E-state index contributed by atoms with van der Waals surface area (Å²) in [4.78, 5) is 12.3. The van der Waals surface area contributed by atoms with Crippen LogP contribution >= 0.6 is 0 Å². The molecule has 0 unspecified atom stereocenters. The molecule has 1 saturated carbocycles. The van der Waals surface area contributed by atoms with Gasteiger partial charge in [-0.2, -0.15) is 0 Å². The minimum Gasteiger partial charge on any atom is -0.423 e. The Balaban J connectivity index is 1.54. The van der Waals surface area contributed by atoms with Gasteiger partial charge in [-0.3, -0.25) is 0 Å². The first-order chi connectivity index (χ1) is 15.2. The zero-order valence-electron chi connectivity index (χ0n) is 17.8. The molecule has 1 fully saturated rings. The number of hydrogen-bond donors (Lipinski definition) is 0. The number of ether oxygens (including phenoxy) is 2. The molecule has 0 N–H and O–H groups in total. The number of esters is 1. The maximum atomic E-state index is 13.8. The molecule has 0 atom stereocenters. The van der Waals surface area contributed by atoms with E-state index in [1.54, 1.807) is 24.3 Å². The van der Waals surface area contributed by atoms with Crippen molar-refractivity contribution in [1.29, 1.82) is 0 Å². The summed E-state index contributed by atoms with van der Waals surface area (Å²) in [7, 11) is 0. The van der Waals surface area contributed by atoms with E-state index in [1.807, 2.05) is 0 Å². The second-order valence-corrected chi connectivity index (χ2v) is 8.08. The van der Waals surface area contributed by atoms with Gasteiger partial charge in [0.15, 0.2) is 11.6 Å². The summed E-state index contributed by atoms with van der Waals surface area (Å²) in [6, 6.07) is 9.23. The Morgan fingerprint density at radius 2 is 1.75 bits per heavy atom. The lowest BCUT2D eigenvalue weighted by Crippen LogP contribution is -2.18. The maximum Gasteiger partial charge on any atom is 0.573 e. The highest BCUT2D eigenvalue weighted by Gasteiger charge is 2.32. The summed E-state index contributed by atoms with van der Waals surface area (Å²) >= 11 is 0. The second kappa shape index (κ2) is 10.7. The summed E-state index contributed by atoms with van der Waals surface area (Å²) in [5, 5.41) is 0. The Bertz CT molecular complexity index is 927. The van der Waals surface area contributed by atoms with Crippen molar-refractivity contribution in [2.24, 2.45) is 11.8 Å². The largest absolute Gasteiger partial charge is 0.573 e. The predicted molar refractivity (Wildman–Crippen MR) is 114 cm³/mol. The number of halogens is 4. The van der Waals surface area contributed by atoms with Crippen molar-refractivity contribution in [2.75, 3.05) is 0 Å². The monoisotopic (exact) mass is 450 g/mol. The molecular weight excluding hydrogens is 424 g/mol. The maximum absolute atomic E-state index is 13.8. The predicted octanol–water partition coefficient (Wildman–Crippen LogP) is 7.56. The molecule has 3 nitrogen and oxygen atoms in total. The van der Waals surface area contributed by atoms with Gasteiger partial charge in [0.2, 0.25) is 0 Å². The normalized spacial score (nSPS) is 19.2. The van der Waals surface area contributed by atoms with E-state index in [4.69, 9.17) is 4.74 Å². The Morgan fingerprint density at radius 3 is 2.34 bits per heavy atom. The van der Waals surface area contributed by atoms with Gasteiger partial charge in [-0.1, -0.05) is 44.1 Å². The number of hydrogen-bond acceptors (Lipinski definition) is 3. The topological polar surface area (TPSA) is 35.5 Å². The minimum absolute atomic E-state index is 0.218. The van der Waals surface area contributed by atoms with Gasteiger partial charge in [-0.25, -0.2) is 9.18 Å². The molecule has 0 bridgehead atoms. The van der Waals surface area contributed by atoms with Crippen LogP contribution in [-0.4, -0.2) is 12.3 Å². The van der Waals surface area contributed by atoms with E-state index >= 15 is 0 Å². The molecule has 1 aliphatic carbocycles. The fourth-order valence-corrected chi connectivity index (χ4v) is 3.97. The minimum atomic E-state index is -5.01. The average molecular weight is 450 g/mol. The molecule has 3 rings (SSSR count). The molecular formula is C25H26F4O3. The number of benzene rings is 2. The molecule has 0 saturated heterocycles. The van der Waals surface area contributed by atoms with Crippen LogP contribution < -0.4 is 9.47 Å². The molecule has 0 aromatic heterocycles. The quantitative estimate of drug-likeness (QED) is 0.248. The van der Waals surface area contributed by atoms with Gasteiger partial charge < -0.3 is 9.47 Å². The van der Waals surface area contributed by atoms with Gasteiger partial charge in [-0.05, 0) is 67.3 Å². The zero-order valence-corrected chi connectivity index (χ0v) is 17.8. The second-order valence-electron chi connectivity index (χ2n) is 8.08. The third-order valence-electron chi connectivity index (χ3n) is 5.64. The van der Waals surface area contributed by atoms with Crippen molar-refractivity contribution in [3.8, 4) is 11.5 Å². The first-order valence-electron chi connectivity index (χ1n) is 10.8. The van der Waals surface area contributed by atoms with Crippen LogP contribution in [0.4, 0.5) is 17.6 Å². The highest BCUT2D eigenvalue weighted by molar-refractivity contribution is 5.91. The Kier molecular flexibility index (Phi) is 7.94. The lowest BCUT2D eigenvalue weighted by molar-refractivity contribution is -0.275. The lowest BCUT2D eigenvalue weighted by atomic mass is 9.80. The molecule has 0 heterocycles. The van der Waals surface area contributed by atoms with E-state index in [1.165, 1.54) is 38.5 Å². The summed E-state index contributed by atoms with van der Waals surface area (Å²) in [6.07, 6.45) is 6.78. The first kappa shape index (κ1) is 23.8. The van der Waals surface area contributed by atoms with Crippen molar-refractivity contribution in [2.45, 2.75) is 51.8 Å². The molecule has 172 valence electrons. The summed E-state index contributed by atoms with van der Waals surface area (Å²) in [5.41, 5.74) is 1.20. The summed E-state index contributed by atoms with van der Waals surface area (Å²) in [6.45, 7) is 2.23. The third-order valence-corrected chi connectivity index (χ3v) is 5.64. The molecule has 7 heteroatoms. The van der Waals surface area contributed by atoms with Gasteiger partial charge in [0.1, 0.15) is 5.75 Å². The van der Waals surface area contributed by atoms with E-state index in [9.17, 15) is 22.4 Å². The molecule has 0 aliphatic heterocycles. The van der Waals surface area contributed by atoms with E-state index in [2.05, 4.69) is 23.8 Å². The van der Waals surface area contributed by atoms with Crippen LogP contribution in [0, 0.1) is 17.7 Å². The van der Waals surface area contributed by atoms with Crippen LogP contribution in [0.3, 0.4) is 0 Å². The van der Waals surface area contributed by atoms with E-state index in [0.717, 1.165) is 23.6 Å². The first-order valence-corrected chi connectivity index (χ1v) is 10.8. The molecule has 1 aliphatic rings. The molecule has 2 aromatic rings. The third kappa shape index (κ3) is 7.11. The van der Waals surface area contributed by atoms with Crippen LogP contribution in [-0.2, 0) is 0 Å².